The number of nitrogens with zero attached hydrogens (tertiary/aromatic N) is 2. The van der Waals surface area contributed by atoms with Crippen molar-refractivity contribution in [1.82, 2.24) is 31.1 Å². The van der Waals surface area contributed by atoms with Crippen molar-refractivity contribution < 1.29 is 28.8 Å². The Morgan fingerprint density at radius 1 is 0.476 bits per heavy atom. The van der Waals surface area contributed by atoms with Crippen molar-refractivity contribution in [3.63, 3.8) is 0 Å². The molecule has 2 aliphatic carbocycles. The molecule has 4 N–H and O–H groups in total. The predicted molar refractivity (Wildman–Crippen MR) is 243 cm³/mol. The van der Waals surface area contributed by atoms with E-state index in [1.807, 2.05) is 36.4 Å². The van der Waals surface area contributed by atoms with E-state index in [4.69, 9.17) is 0 Å². The van der Waals surface area contributed by atoms with Crippen LogP contribution in [0.25, 0.3) is 0 Å². The Balaban J connectivity index is 1.00. The van der Waals surface area contributed by atoms with E-state index in [1.54, 1.807) is 34.1 Å². The molecule has 0 aromatic heterocycles. The summed E-state index contributed by atoms with van der Waals surface area (Å²) in [5.41, 5.74) is 3.01. The molecule has 3 aromatic carbocycles. The Bertz CT molecular complexity index is 1940. The average molecular weight is 859 g/mol. The molecule has 4 aliphatic rings. The zero-order chi connectivity index (χ0) is 44.3. The number of hydrogen-bond donors (Lipinski definition) is 4. The van der Waals surface area contributed by atoms with Crippen LogP contribution in [0.2, 0.25) is 0 Å². The third-order valence-electron chi connectivity index (χ3n) is 13.5. The predicted octanol–water partition coefficient (Wildman–Crippen LogP) is 6.19. The van der Waals surface area contributed by atoms with Crippen LogP contribution in [0.3, 0.4) is 0 Å². The van der Waals surface area contributed by atoms with Crippen LogP contribution in [-0.2, 0) is 19.2 Å². The molecule has 2 saturated carbocycles. The molecule has 2 aliphatic heterocycles. The number of rotatable bonds is 20. The van der Waals surface area contributed by atoms with Gasteiger partial charge in [-0.1, -0.05) is 113 Å². The summed E-state index contributed by atoms with van der Waals surface area (Å²) in [6.07, 6.45) is 10.2. The van der Waals surface area contributed by atoms with Gasteiger partial charge in [-0.2, -0.15) is 0 Å². The second-order valence-corrected chi connectivity index (χ2v) is 18.3. The minimum Gasteiger partial charge on any atom is -0.356 e. The molecule has 6 amide bonds. The van der Waals surface area contributed by atoms with Crippen molar-refractivity contribution >= 4 is 35.4 Å². The molecule has 4 fully saturated rings. The topological polar surface area (TPSA) is 157 Å². The monoisotopic (exact) mass is 859 g/mol. The number of piperidine rings is 1. The van der Waals surface area contributed by atoms with Gasteiger partial charge in [-0.25, -0.2) is 0 Å². The first-order valence-corrected chi connectivity index (χ1v) is 23.6. The van der Waals surface area contributed by atoms with E-state index in [1.165, 1.54) is 11.1 Å². The zero-order valence-electron chi connectivity index (χ0n) is 37.1. The lowest BCUT2D eigenvalue weighted by Crippen LogP contribution is -2.52. The van der Waals surface area contributed by atoms with E-state index in [0.717, 1.165) is 64.2 Å². The van der Waals surface area contributed by atoms with Crippen molar-refractivity contribution in [2.45, 2.75) is 108 Å². The summed E-state index contributed by atoms with van der Waals surface area (Å²) in [6, 6.07) is 26.5. The van der Waals surface area contributed by atoms with Gasteiger partial charge in [0.25, 0.3) is 11.8 Å². The lowest BCUT2D eigenvalue weighted by atomic mass is 9.87. The summed E-state index contributed by atoms with van der Waals surface area (Å²) in [6.45, 7) is 5.98. The Morgan fingerprint density at radius 3 is 1.27 bits per heavy atom. The molecule has 8 atom stereocenters. The van der Waals surface area contributed by atoms with Gasteiger partial charge in [-0.3, -0.25) is 28.8 Å². The van der Waals surface area contributed by atoms with Crippen LogP contribution in [0, 0.1) is 23.7 Å². The van der Waals surface area contributed by atoms with Gasteiger partial charge in [0.2, 0.25) is 23.6 Å². The average Bonchev–Trinajstić information content (AvgIpc) is 4.23. The maximum absolute atomic E-state index is 14.1. The number of hydrogen-bond acceptors (Lipinski definition) is 6. The van der Waals surface area contributed by atoms with Crippen LogP contribution in [0.4, 0.5) is 0 Å². The van der Waals surface area contributed by atoms with Gasteiger partial charge in [0, 0.05) is 74.3 Å². The van der Waals surface area contributed by atoms with Crippen molar-refractivity contribution in [3.8, 4) is 0 Å². The number of unbranched alkanes of at least 4 members (excludes halogenated alkanes) is 6. The zero-order valence-corrected chi connectivity index (χ0v) is 37.1. The summed E-state index contributed by atoms with van der Waals surface area (Å²) in [5.74, 6) is -3.42. The fraction of sp³-hybridized carbons (Fsp3) is 0.529. The van der Waals surface area contributed by atoms with Crippen molar-refractivity contribution in [2.24, 2.45) is 23.7 Å². The minimum atomic E-state index is -0.720. The van der Waals surface area contributed by atoms with E-state index in [-0.39, 0.29) is 85.5 Å². The molecule has 2 saturated heterocycles. The van der Waals surface area contributed by atoms with E-state index in [9.17, 15) is 28.8 Å². The Hall–Kier alpha value is -5.52. The van der Waals surface area contributed by atoms with Crippen LogP contribution in [0.1, 0.15) is 128 Å². The molecule has 0 bridgehead atoms. The molecule has 3 aromatic rings. The van der Waals surface area contributed by atoms with Gasteiger partial charge in [0.1, 0.15) is 0 Å². The Morgan fingerprint density at radius 2 is 0.873 bits per heavy atom. The van der Waals surface area contributed by atoms with Gasteiger partial charge >= 0.3 is 0 Å². The largest absolute Gasteiger partial charge is 0.356 e. The third kappa shape index (κ3) is 11.9. The summed E-state index contributed by atoms with van der Waals surface area (Å²) >= 11 is 0. The van der Waals surface area contributed by atoms with Gasteiger partial charge in [0.15, 0.2) is 0 Å². The normalized spacial score (nSPS) is 24.9. The number of carbonyl (C=O) groups excluding carboxylic acids is 6. The lowest BCUT2D eigenvalue weighted by molar-refractivity contribution is -0.133. The van der Waals surface area contributed by atoms with E-state index in [0.29, 0.717) is 30.6 Å². The highest BCUT2D eigenvalue weighted by Crippen LogP contribution is 2.43. The summed E-state index contributed by atoms with van der Waals surface area (Å²) in [5, 5.41) is 12.5. The van der Waals surface area contributed by atoms with Gasteiger partial charge in [-0.15, -0.1) is 0 Å². The van der Waals surface area contributed by atoms with Crippen LogP contribution in [0.5, 0.6) is 0 Å². The second kappa shape index (κ2) is 21.7. The van der Waals surface area contributed by atoms with Gasteiger partial charge in [-0.05, 0) is 67.5 Å². The van der Waals surface area contributed by atoms with Gasteiger partial charge in [0.05, 0.1) is 23.7 Å². The summed E-state index contributed by atoms with van der Waals surface area (Å²) in [7, 11) is 0. The van der Waals surface area contributed by atoms with E-state index in [2.05, 4.69) is 59.4 Å². The molecule has 0 radical (unpaired) electrons. The first-order chi connectivity index (χ1) is 30.6. The van der Waals surface area contributed by atoms with Crippen LogP contribution < -0.4 is 21.3 Å². The smallest absolute Gasteiger partial charge is 0.253 e. The summed E-state index contributed by atoms with van der Waals surface area (Å²) in [4.78, 5) is 86.0. The van der Waals surface area contributed by atoms with Crippen molar-refractivity contribution in [2.75, 3.05) is 39.3 Å². The molecular weight excluding hydrogens is 793 g/mol. The highest BCUT2D eigenvalue weighted by molar-refractivity contribution is 5.99. The highest BCUT2D eigenvalue weighted by atomic mass is 16.2. The SMILES string of the molecule is CCCCCCNC(=O)C1CC(C(=O)NCCCCCC)CN(C(=O)c2ccc(C(=O)N3C[C@@H](C(=O)N[C@H]4C[C@@H]4c4ccccc4)[C@H](C(=O)N[C@H]4C[C@@H]4c4ccccc4)C3)cc2)C1. The minimum absolute atomic E-state index is 0.0235. The number of carbonyl (C=O) groups is 6. The fourth-order valence-corrected chi connectivity index (χ4v) is 9.51. The maximum atomic E-state index is 14.1. The quantitative estimate of drug-likeness (QED) is 0.0994. The first kappa shape index (κ1) is 45.5. The second-order valence-electron chi connectivity index (χ2n) is 18.3. The number of nitrogens with one attached hydrogen (secondary N) is 4. The molecular formula is C51H66N6O6. The van der Waals surface area contributed by atoms with Crippen LogP contribution >= 0.6 is 0 Å². The summed E-state index contributed by atoms with van der Waals surface area (Å²) < 4.78 is 0. The van der Waals surface area contributed by atoms with Crippen molar-refractivity contribution in [3.05, 3.63) is 107 Å². The molecule has 12 nitrogen and oxygen atoms in total. The number of likely N-dealkylation sites (tertiary alicyclic amines) is 2. The van der Waals surface area contributed by atoms with Crippen LogP contribution in [-0.4, -0.2) is 96.6 Å². The molecule has 2 heterocycles. The molecule has 12 heteroatoms. The van der Waals surface area contributed by atoms with Gasteiger partial charge < -0.3 is 31.1 Å². The highest BCUT2D eigenvalue weighted by Gasteiger charge is 2.49. The van der Waals surface area contributed by atoms with E-state index < -0.39 is 23.7 Å². The lowest BCUT2D eigenvalue weighted by Gasteiger charge is -2.36. The van der Waals surface area contributed by atoms with E-state index >= 15 is 0 Å². The Labute approximate surface area is 372 Å². The number of amides is 6. The van der Waals surface area contributed by atoms with Crippen LogP contribution in [0.15, 0.2) is 84.9 Å². The molecule has 336 valence electrons. The number of benzene rings is 3. The molecule has 7 rings (SSSR count). The molecule has 0 spiro atoms. The Kier molecular flexibility index (Phi) is 15.7. The fourth-order valence-electron chi connectivity index (χ4n) is 9.51. The molecule has 63 heavy (non-hydrogen) atoms. The first-order valence-electron chi connectivity index (χ1n) is 23.6. The maximum Gasteiger partial charge on any atom is 0.253 e. The standard InChI is InChI=1S/C51H66N6O6/c1-3-5-7-15-25-52-46(58)38-27-39(47(59)53-26-16-8-6-4-2)31-56(30-38)50(62)36-21-23-37(24-22-36)51(63)57-32-42(48(60)54-44-28-40(44)34-17-11-9-12-18-34)43(33-57)49(61)55-45-29-41(45)35-19-13-10-14-20-35/h9-14,17-24,38-45H,3-8,15-16,25-33H2,1-2H3,(H,52,58)(H,53,59)(H,54,60)(H,55,61)/t38?,39?,40-,41-,42-,43-,44+,45+/m1/s1. The van der Waals surface area contributed by atoms with Crippen molar-refractivity contribution in [1.29, 1.82) is 0 Å². The molecule has 2 unspecified atom stereocenters. The third-order valence-corrected chi connectivity index (χ3v) is 13.5.